The summed E-state index contributed by atoms with van der Waals surface area (Å²) in [4.78, 5) is 40.3. The molecule has 6 nitrogen and oxygen atoms in total. The molecule has 1 aliphatic carbocycles. The number of hydrogen-bond donors (Lipinski definition) is 1. The van der Waals surface area contributed by atoms with E-state index < -0.39 is 6.10 Å². The first-order valence-electron chi connectivity index (χ1n) is 8.98. The molecular formula is C19H22N2O4. The standard InChI is InChI=1S/C19H22N2O4/c1-2-11-14-10-15(22)16(11)19(25)20(14)8-5-9-21-17(23)12-6-3-4-7-13(12)18(21)24/h3-4,6-7,11,14-16,22H,2,5,8-10H2,1H3/t11-,14+,15+,16+/m1/s1. The molecule has 2 heterocycles. The molecule has 1 saturated heterocycles. The summed E-state index contributed by atoms with van der Waals surface area (Å²) in [6.45, 7) is 2.89. The van der Waals surface area contributed by atoms with E-state index in [2.05, 4.69) is 6.92 Å². The number of carbonyl (C=O) groups is 3. The van der Waals surface area contributed by atoms with Crippen molar-refractivity contribution >= 4 is 17.7 Å². The van der Waals surface area contributed by atoms with Gasteiger partial charge in [0.15, 0.2) is 0 Å². The van der Waals surface area contributed by atoms with Gasteiger partial charge in [-0.1, -0.05) is 25.5 Å². The number of piperidine rings is 1. The molecule has 0 spiro atoms. The van der Waals surface area contributed by atoms with Crippen LogP contribution in [0.25, 0.3) is 0 Å². The lowest BCUT2D eigenvalue weighted by Crippen LogP contribution is -2.43. The van der Waals surface area contributed by atoms with E-state index in [1.807, 2.05) is 4.90 Å². The number of hydrogen-bond acceptors (Lipinski definition) is 4. The molecule has 4 atom stereocenters. The van der Waals surface area contributed by atoms with Crippen LogP contribution in [0.4, 0.5) is 0 Å². The molecule has 6 heteroatoms. The zero-order chi connectivity index (χ0) is 17.7. The second-order valence-electron chi connectivity index (χ2n) is 7.16. The molecule has 0 unspecified atom stereocenters. The molecule has 2 bridgehead atoms. The summed E-state index contributed by atoms with van der Waals surface area (Å²) in [6.07, 6.45) is 1.57. The molecule has 3 aliphatic rings. The molecule has 1 aromatic carbocycles. The Morgan fingerprint density at radius 2 is 1.72 bits per heavy atom. The van der Waals surface area contributed by atoms with Crippen molar-refractivity contribution in [2.45, 2.75) is 38.3 Å². The van der Waals surface area contributed by atoms with Crippen molar-refractivity contribution in [2.75, 3.05) is 13.1 Å². The molecule has 132 valence electrons. The monoisotopic (exact) mass is 342 g/mol. The second-order valence-corrected chi connectivity index (χ2v) is 7.16. The van der Waals surface area contributed by atoms with Crippen molar-refractivity contribution in [1.29, 1.82) is 0 Å². The Bertz CT molecular complexity index is 712. The predicted octanol–water partition coefficient (Wildman–Crippen LogP) is 1.29. The first kappa shape index (κ1) is 16.3. The normalized spacial score (nSPS) is 30.6. The van der Waals surface area contributed by atoms with Gasteiger partial charge in [0.2, 0.25) is 5.91 Å². The number of amides is 3. The number of likely N-dealkylation sites (tertiary alicyclic amines) is 1. The topological polar surface area (TPSA) is 77.9 Å². The van der Waals surface area contributed by atoms with Crippen molar-refractivity contribution < 1.29 is 19.5 Å². The van der Waals surface area contributed by atoms with Crippen LogP contribution in [0.5, 0.6) is 0 Å². The molecule has 4 rings (SSSR count). The van der Waals surface area contributed by atoms with E-state index in [0.717, 1.165) is 6.42 Å². The minimum absolute atomic E-state index is 0.0259. The maximum Gasteiger partial charge on any atom is 0.261 e. The molecular weight excluding hydrogens is 320 g/mol. The number of nitrogens with zero attached hydrogens (tertiary/aromatic N) is 2. The minimum atomic E-state index is -0.519. The van der Waals surface area contributed by atoms with Crippen molar-refractivity contribution in [1.82, 2.24) is 9.80 Å². The van der Waals surface area contributed by atoms with Crippen LogP contribution in [0.15, 0.2) is 24.3 Å². The summed E-state index contributed by atoms with van der Waals surface area (Å²) in [5.41, 5.74) is 0.913. The van der Waals surface area contributed by atoms with Gasteiger partial charge < -0.3 is 10.0 Å². The Hall–Kier alpha value is -2.21. The number of fused-ring (bicyclic) bond motifs is 3. The summed E-state index contributed by atoms with van der Waals surface area (Å²) in [5.74, 6) is -0.525. The van der Waals surface area contributed by atoms with Gasteiger partial charge in [-0.05, 0) is 30.9 Å². The van der Waals surface area contributed by atoms with Gasteiger partial charge in [0.05, 0.1) is 23.1 Å². The average Bonchev–Trinajstić information content (AvgIpc) is 3.16. The third-order valence-electron chi connectivity index (χ3n) is 5.95. The number of aliphatic hydroxyl groups is 1. The van der Waals surface area contributed by atoms with Crippen LogP contribution in [0.2, 0.25) is 0 Å². The smallest absolute Gasteiger partial charge is 0.261 e. The summed E-state index contributed by atoms with van der Waals surface area (Å²) in [5, 5.41) is 10.0. The van der Waals surface area contributed by atoms with Crippen LogP contribution < -0.4 is 0 Å². The summed E-state index contributed by atoms with van der Waals surface area (Å²) in [7, 11) is 0. The predicted molar refractivity (Wildman–Crippen MR) is 89.8 cm³/mol. The third-order valence-corrected chi connectivity index (χ3v) is 5.95. The van der Waals surface area contributed by atoms with Gasteiger partial charge in [-0.15, -0.1) is 0 Å². The molecule has 1 saturated carbocycles. The Morgan fingerprint density at radius 1 is 1.08 bits per heavy atom. The highest BCUT2D eigenvalue weighted by Gasteiger charge is 2.56. The highest BCUT2D eigenvalue weighted by atomic mass is 16.3. The molecule has 1 aromatic rings. The molecule has 2 aliphatic heterocycles. The van der Waals surface area contributed by atoms with Gasteiger partial charge in [-0.2, -0.15) is 0 Å². The SMILES string of the molecule is CC[C@H]1[C@@H]2C(=O)N(CCCN3C(=O)c4ccccc4C3=O)[C@H]1C[C@@H]2O. The maximum absolute atomic E-state index is 12.5. The van der Waals surface area contributed by atoms with Gasteiger partial charge in [-0.25, -0.2) is 0 Å². The zero-order valence-corrected chi connectivity index (χ0v) is 14.2. The second kappa shape index (κ2) is 5.95. The van der Waals surface area contributed by atoms with Crippen LogP contribution in [0.1, 0.15) is 46.9 Å². The fraction of sp³-hybridized carbons (Fsp3) is 0.526. The zero-order valence-electron chi connectivity index (χ0n) is 14.2. The number of rotatable bonds is 5. The first-order chi connectivity index (χ1) is 12.0. The largest absolute Gasteiger partial charge is 0.392 e. The van der Waals surface area contributed by atoms with E-state index in [4.69, 9.17) is 0 Å². The average molecular weight is 342 g/mol. The van der Waals surface area contributed by atoms with E-state index in [1.54, 1.807) is 24.3 Å². The Kier molecular flexibility index (Phi) is 3.87. The first-order valence-corrected chi connectivity index (χ1v) is 8.98. The molecule has 1 N–H and O–H groups in total. The van der Waals surface area contributed by atoms with Gasteiger partial charge in [-0.3, -0.25) is 19.3 Å². The number of aliphatic hydroxyl groups excluding tert-OH is 1. The lowest BCUT2D eigenvalue weighted by molar-refractivity contribution is -0.138. The highest BCUT2D eigenvalue weighted by Crippen LogP contribution is 2.45. The van der Waals surface area contributed by atoms with Crippen LogP contribution >= 0.6 is 0 Å². The van der Waals surface area contributed by atoms with Gasteiger partial charge in [0, 0.05) is 19.1 Å². The molecule has 2 fully saturated rings. The molecule has 0 aromatic heterocycles. The summed E-state index contributed by atoms with van der Waals surface area (Å²) in [6, 6.07) is 6.95. The minimum Gasteiger partial charge on any atom is -0.392 e. The Balaban J connectivity index is 1.39. The van der Waals surface area contributed by atoms with Crippen LogP contribution in [0, 0.1) is 11.8 Å². The highest BCUT2D eigenvalue weighted by molar-refractivity contribution is 6.21. The van der Waals surface area contributed by atoms with Crippen LogP contribution in [-0.4, -0.2) is 57.9 Å². The third kappa shape index (κ3) is 2.31. The van der Waals surface area contributed by atoms with Crippen molar-refractivity contribution in [3.63, 3.8) is 0 Å². The number of carbonyl (C=O) groups excluding carboxylic acids is 3. The van der Waals surface area contributed by atoms with Gasteiger partial charge in [0.1, 0.15) is 0 Å². The molecule has 25 heavy (non-hydrogen) atoms. The van der Waals surface area contributed by atoms with E-state index in [-0.39, 0.29) is 35.6 Å². The number of imide groups is 1. The van der Waals surface area contributed by atoms with Crippen LogP contribution in [0.3, 0.4) is 0 Å². The Morgan fingerprint density at radius 3 is 2.28 bits per heavy atom. The Labute approximate surface area is 146 Å². The fourth-order valence-electron chi connectivity index (χ4n) is 4.80. The van der Waals surface area contributed by atoms with Gasteiger partial charge in [0.25, 0.3) is 11.8 Å². The molecule has 0 radical (unpaired) electrons. The van der Waals surface area contributed by atoms with Crippen molar-refractivity contribution in [2.24, 2.45) is 11.8 Å². The van der Waals surface area contributed by atoms with E-state index in [1.165, 1.54) is 4.90 Å². The van der Waals surface area contributed by atoms with Crippen LogP contribution in [-0.2, 0) is 4.79 Å². The maximum atomic E-state index is 12.5. The summed E-state index contributed by atoms with van der Waals surface area (Å²) >= 11 is 0. The van der Waals surface area contributed by atoms with Crippen molar-refractivity contribution in [3.8, 4) is 0 Å². The van der Waals surface area contributed by atoms with E-state index >= 15 is 0 Å². The fourth-order valence-corrected chi connectivity index (χ4v) is 4.80. The van der Waals surface area contributed by atoms with E-state index in [0.29, 0.717) is 37.1 Å². The lowest BCUT2D eigenvalue weighted by Gasteiger charge is -2.30. The van der Waals surface area contributed by atoms with E-state index in [9.17, 15) is 19.5 Å². The molecule has 3 amide bonds. The quantitative estimate of drug-likeness (QED) is 0.818. The van der Waals surface area contributed by atoms with Crippen molar-refractivity contribution in [3.05, 3.63) is 35.4 Å². The van der Waals surface area contributed by atoms with Gasteiger partial charge >= 0.3 is 0 Å². The lowest BCUT2D eigenvalue weighted by atomic mass is 9.94. The number of benzene rings is 1. The summed E-state index contributed by atoms with van der Waals surface area (Å²) < 4.78 is 0.